The molecule has 4 unspecified atom stereocenters. The standard InChI is InChI=1S/C27H48O4P2.C24H38O2/c1-16(2)29-24(28)9-6-17(3)20-7-8-21-25-22(11-13-27(20,21)5)26(4)12-10-19(30-32)14-18(26)15-23(25)31-33;1-5-6-15(2)18-7-8-19-22-20(10-12-24(18,19)4)23(3)11-9-17(25)13-16(23)14-21(22)26/h16-23,25H,6-15,32-33H2,1-5H3;15-16,18-20,22H,5-14H2,1-4H3/t17-,18+,19?,20-,21+,22+,23?,25+,26+,27-;15-,16+,18-,19+,20+,22+,23+,24-/m11/s1. The van der Waals surface area contributed by atoms with Crippen molar-refractivity contribution in [2.75, 3.05) is 0 Å². The van der Waals surface area contributed by atoms with Crippen LogP contribution >= 0.6 is 18.9 Å². The van der Waals surface area contributed by atoms with Crippen molar-refractivity contribution in [3.8, 4) is 0 Å². The second-order valence-corrected chi connectivity index (χ2v) is 24.1. The SMILES string of the molecule is CC(C)OC(=O)CC[C@@H](C)[C@H]1CC[C@H]2[C@@H]3C(OP)C[C@@H]4CC(OP)CC[C@]4(C)[C@H]3CC[C@]12C.CCC[C@@H](C)[C@H]1CC[C@H]2[C@@H]3C(=O)C[C@@H]4CC(=O)CC[C@]4(C)[C@H]3CC[C@]12C. The summed E-state index contributed by atoms with van der Waals surface area (Å²) in [5, 5.41) is 0. The van der Waals surface area contributed by atoms with E-state index in [9.17, 15) is 14.4 Å². The highest BCUT2D eigenvalue weighted by molar-refractivity contribution is 7.10. The highest BCUT2D eigenvalue weighted by Crippen LogP contribution is 2.70. The molecule has 0 N–H and O–H groups in total. The molecule has 8 aliphatic carbocycles. The van der Waals surface area contributed by atoms with Crippen LogP contribution in [-0.4, -0.2) is 35.8 Å². The van der Waals surface area contributed by atoms with Crippen molar-refractivity contribution < 1.29 is 28.2 Å². The van der Waals surface area contributed by atoms with Crippen molar-refractivity contribution in [3.05, 3.63) is 0 Å². The van der Waals surface area contributed by atoms with Crippen LogP contribution in [0.3, 0.4) is 0 Å². The fourth-order valence-electron chi connectivity index (χ4n) is 17.6. The largest absolute Gasteiger partial charge is 0.463 e. The van der Waals surface area contributed by atoms with E-state index < -0.39 is 0 Å². The molecule has 8 saturated carbocycles. The lowest BCUT2D eigenvalue weighted by Crippen LogP contribution is -2.58. The van der Waals surface area contributed by atoms with Gasteiger partial charge >= 0.3 is 5.97 Å². The van der Waals surface area contributed by atoms with E-state index in [-0.39, 0.29) is 17.5 Å². The van der Waals surface area contributed by atoms with Crippen molar-refractivity contribution in [3.63, 3.8) is 0 Å². The molecule has 0 bridgehead atoms. The smallest absolute Gasteiger partial charge is 0.306 e. The third kappa shape index (κ3) is 8.40. The third-order valence-corrected chi connectivity index (χ3v) is 21.4. The van der Waals surface area contributed by atoms with Gasteiger partial charge in [-0.25, -0.2) is 0 Å². The highest BCUT2D eigenvalue weighted by Gasteiger charge is 2.65. The molecule has 0 heterocycles. The minimum Gasteiger partial charge on any atom is -0.463 e. The summed E-state index contributed by atoms with van der Waals surface area (Å²) < 4.78 is 17.3. The number of hydrogen-bond acceptors (Lipinski definition) is 6. The molecule has 8 aliphatic rings. The molecule has 0 aromatic heterocycles. The first-order valence-corrected chi connectivity index (χ1v) is 25.8. The zero-order chi connectivity index (χ0) is 42.7. The Morgan fingerprint density at radius 3 is 1.90 bits per heavy atom. The second kappa shape index (κ2) is 18.2. The Morgan fingerprint density at radius 2 is 1.25 bits per heavy atom. The molecule has 0 radical (unpaired) electrons. The number of rotatable bonds is 10. The van der Waals surface area contributed by atoms with Crippen LogP contribution in [0.2, 0.25) is 0 Å². The Balaban J connectivity index is 0.000000184. The first-order valence-electron chi connectivity index (χ1n) is 24.9. The maximum atomic E-state index is 13.3. The topological polar surface area (TPSA) is 78.9 Å². The van der Waals surface area contributed by atoms with Gasteiger partial charge in [0.2, 0.25) is 0 Å². The molecule has 0 amide bonds. The number of hydrogen-bond donors (Lipinski definition) is 0. The van der Waals surface area contributed by atoms with E-state index in [1.54, 1.807) is 0 Å². The first kappa shape index (κ1) is 46.6. The van der Waals surface area contributed by atoms with Gasteiger partial charge in [-0.3, -0.25) is 14.4 Å². The van der Waals surface area contributed by atoms with Crippen LogP contribution in [-0.2, 0) is 28.2 Å². The summed E-state index contributed by atoms with van der Waals surface area (Å²) in [6, 6.07) is 0. The Hall–Kier alpha value is -0.410. The molecule has 8 fully saturated rings. The molecule has 8 rings (SSSR count). The predicted octanol–water partition coefficient (Wildman–Crippen LogP) is 12.8. The van der Waals surface area contributed by atoms with Gasteiger partial charge in [-0.15, -0.1) is 0 Å². The molecule has 0 aromatic rings. The maximum absolute atomic E-state index is 13.3. The van der Waals surface area contributed by atoms with E-state index >= 15 is 0 Å². The van der Waals surface area contributed by atoms with Crippen LogP contribution in [0.4, 0.5) is 0 Å². The minimum absolute atomic E-state index is 0.0190. The lowest BCUT2D eigenvalue weighted by Gasteiger charge is -2.63. The van der Waals surface area contributed by atoms with E-state index in [1.165, 1.54) is 89.9 Å². The Kier molecular flexibility index (Phi) is 14.4. The fraction of sp³-hybridized carbons (Fsp3) is 0.941. The van der Waals surface area contributed by atoms with Crippen molar-refractivity contribution in [2.45, 2.75) is 209 Å². The number of carbonyl (C=O) groups is 3. The minimum atomic E-state index is -0.0342. The molecule has 20 atom stereocenters. The molecular weight excluding hydrogens is 771 g/mol. The average Bonchev–Trinajstić information content (AvgIpc) is 3.74. The summed E-state index contributed by atoms with van der Waals surface area (Å²) in [7, 11) is 5.13. The van der Waals surface area contributed by atoms with Gasteiger partial charge in [0.25, 0.3) is 0 Å². The van der Waals surface area contributed by atoms with Crippen molar-refractivity contribution in [1.82, 2.24) is 0 Å². The van der Waals surface area contributed by atoms with Gasteiger partial charge in [0.15, 0.2) is 0 Å². The van der Waals surface area contributed by atoms with Crippen LogP contribution in [0.15, 0.2) is 0 Å². The van der Waals surface area contributed by atoms with E-state index in [2.05, 4.69) is 67.4 Å². The number of fused-ring (bicyclic) bond motifs is 10. The van der Waals surface area contributed by atoms with Crippen molar-refractivity contribution >= 4 is 36.5 Å². The number of esters is 1. The Labute approximate surface area is 365 Å². The number of ketones is 2. The van der Waals surface area contributed by atoms with Gasteiger partial charge < -0.3 is 13.8 Å². The highest BCUT2D eigenvalue weighted by atomic mass is 31.0. The van der Waals surface area contributed by atoms with E-state index in [1.807, 2.05) is 13.8 Å². The molecule has 0 aromatic carbocycles. The summed E-state index contributed by atoms with van der Waals surface area (Å²) in [5.74, 6) is 8.39. The molecule has 6 nitrogen and oxygen atoms in total. The van der Waals surface area contributed by atoms with Gasteiger partial charge in [-0.2, -0.15) is 0 Å². The maximum Gasteiger partial charge on any atom is 0.306 e. The van der Waals surface area contributed by atoms with Crippen LogP contribution in [0.1, 0.15) is 191 Å². The molecular formula is C51H86O6P2. The van der Waals surface area contributed by atoms with Gasteiger partial charge in [0.05, 0.1) is 18.3 Å². The molecule has 8 heteroatoms. The molecule has 59 heavy (non-hydrogen) atoms. The van der Waals surface area contributed by atoms with Gasteiger partial charge in [-0.1, -0.05) is 61.3 Å². The van der Waals surface area contributed by atoms with Crippen LogP contribution in [0, 0.1) is 92.7 Å². The number of Topliss-reactive ketones (excluding diaryl/α,β-unsaturated/α-hetero) is 2. The average molecular weight is 857 g/mol. The molecule has 0 saturated heterocycles. The lowest BCUT2D eigenvalue weighted by atomic mass is 9.43. The number of ether oxygens (including phenoxy) is 1. The van der Waals surface area contributed by atoms with Crippen molar-refractivity contribution in [2.24, 2.45) is 92.7 Å². The molecule has 336 valence electrons. The number of carbonyl (C=O) groups excluding carboxylic acids is 3. The second-order valence-electron chi connectivity index (χ2n) is 23.6. The normalized spacial score (nSPS) is 47.3. The quantitative estimate of drug-likeness (QED) is 0.161. The lowest BCUT2D eigenvalue weighted by molar-refractivity contribution is -0.163. The van der Waals surface area contributed by atoms with Crippen LogP contribution < -0.4 is 0 Å². The zero-order valence-electron chi connectivity index (χ0n) is 38.9. The third-order valence-electron chi connectivity index (χ3n) is 20.7. The summed E-state index contributed by atoms with van der Waals surface area (Å²) in [4.78, 5) is 37.5. The van der Waals surface area contributed by atoms with Gasteiger partial charge in [0, 0.05) is 50.5 Å². The zero-order valence-corrected chi connectivity index (χ0v) is 41.2. The summed E-state index contributed by atoms with van der Waals surface area (Å²) >= 11 is 0. The Morgan fingerprint density at radius 1 is 0.678 bits per heavy atom. The van der Waals surface area contributed by atoms with E-state index in [4.69, 9.17) is 13.8 Å². The monoisotopic (exact) mass is 857 g/mol. The van der Waals surface area contributed by atoms with E-state index in [0.29, 0.717) is 107 Å². The summed E-state index contributed by atoms with van der Waals surface area (Å²) in [5.41, 5.74) is 1.41. The van der Waals surface area contributed by atoms with Crippen LogP contribution in [0.5, 0.6) is 0 Å². The van der Waals surface area contributed by atoms with Crippen LogP contribution in [0.25, 0.3) is 0 Å². The van der Waals surface area contributed by atoms with Gasteiger partial charge in [0.1, 0.15) is 11.6 Å². The summed E-state index contributed by atoms with van der Waals surface area (Å²) in [6.07, 6.45) is 23.2. The fourth-order valence-corrected chi connectivity index (χ4v) is 18.2. The summed E-state index contributed by atoms with van der Waals surface area (Å²) in [6.45, 7) is 21.2. The van der Waals surface area contributed by atoms with Crippen molar-refractivity contribution in [1.29, 1.82) is 0 Å². The van der Waals surface area contributed by atoms with E-state index in [0.717, 1.165) is 42.9 Å². The first-order chi connectivity index (χ1) is 27.9. The molecule has 0 aliphatic heterocycles. The Bertz CT molecular complexity index is 1520. The molecule has 0 spiro atoms. The predicted molar refractivity (Wildman–Crippen MR) is 244 cm³/mol. The van der Waals surface area contributed by atoms with Gasteiger partial charge in [-0.05, 0) is 190 Å².